The number of aliphatic imine (C=N–C) groups is 1. The van der Waals surface area contributed by atoms with Crippen LogP contribution in [0.15, 0.2) is 26.9 Å². The van der Waals surface area contributed by atoms with Gasteiger partial charge >= 0.3 is 0 Å². The minimum atomic E-state index is -0.396. The first-order valence-electron chi connectivity index (χ1n) is 6.18. The minimum absolute atomic E-state index is 0.396. The van der Waals surface area contributed by atoms with Crippen molar-refractivity contribution in [1.82, 2.24) is 0 Å². The molecule has 0 atom stereocenters. The first-order chi connectivity index (χ1) is 9.16. The molecule has 1 aliphatic rings. The van der Waals surface area contributed by atoms with Gasteiger partial charge in [0, 0.05) is 9.79 Å². The van der Waals surface area contributed by atoms with Crippen LogP contribution in [0.5, 0.6) is 0 Å². The summed E-state index contributed by atoms with van der Waals surface area (Å²) >= 11 is 9.71. The van der Waals surface area contributed by atoms with E-state index in [0.717, 1.165) is 46.1 Å². The molecule has 19 heavy (non-hydrogen) atoms. The Labute approximate surface area is 127 Å². The Hall–Kier alpha value is -0.410. The molecule has 1 saturated carbocycles. The molecule has 0 amide bonds. The number of benzene rings is 1. The van der Waals surface area contributed by atoms with Crippen molar-refractivity contribution in [2.45, 2.75) is 41.0 Å². The van der Waals surface area contributed by atoms with E-state index in [1.54, 1.807) is 29.6 Å². The summed E-state index contributed by atoms with van der Waals surface area (Å²) < 4.78 is 0. The fraction of sp³-hybridized carbons (Fsp3) is 0.500. The Morgan fingerprint density at radius 3 is 2.47 bits per heavy atom. The molecule has 0 heterocycles. The zero-order valence-corrected chi connectivity index (χ0v) is 13.4. The van der Waals surface area contributed by atoms with Gasteiger partial charge in [0.15, 0.2) is 0 Å². The predicted molar refractivity (Wildman–Crippen MR) is 83.3 cm³/mol. The average molecular weight is 314 g/mol. The highest BCUT2D eigenvalue weighted by Crippen LogP contribution is 2.46. The van der Waals surface area contributed by atoms with Crippen LogP contribution in [-0.4, -0.2) is 18.6 Å². The van der Waals surface area contributed by atoms with E-state index in [2.05, 4.69) is 11.1 Å². The molecule has 0 spiro atoms. The van der Waals surface area contributed by atoms with Crippen LogP contribution < -0.4 is 0 Å². The summed E-state index contributed by atoms with van der Waals surface area (Å²) in [5.74, 6) is 0. The van der Waals surface area contributed by atoms with Gasteiger partial charge in [0.2, 0.25) is 6.08 Å². The quantitative estimate of drug-likeness (QED) is 0.450. The molecule has 5 heteroatoms. The van der Waals surface area contributed by atoms with Gasteiger partial charge in [-0.05, 0) is 43.0 Å². The Bertz CT molecular complexity index is 520. The fourth-order valence-electron chi connectivity index (χ4n) is 2.70. The van der Waals surface area contributed by atoms with Crippen molar-refractivity contribution in [2.75, 3.05) is 12.5 Å². The molecule has 0 radical (unpaired) electrons. The van der Waals surface area contributed by atoms with Crippen molar-refractivity contribution in [3.8, 4) is 0 Å². The topological polar surface area (TPSA) is 29.4 Å². The molecule has 0 aliphatic heterocycles. The number of hydrogen-bond donors (Lipinski definition) is 0. The molecule has 0 bridgehead atoms. The summed E-state index contributed by atoms with van der Waals surface area (Å²) in [5.41, 5.74) is 0.660. The molecule has 1 aromatic rings. The van der Waals surface area contributed by atoms with Gasteiger partial charge in [-0.1, -0.05) is 24.4 Å². The van der Waals surface area contributed by atoms with E-state index in [9.17, 15) is 4.79 Å². The predicted octanol–water partition coefficient (Wildman–Crippen LogP) is 4.89. The molecule has 0 saturated heterocycles. The van der Waals surface area contributed by atoms with Gasteiger partial charge in [-0.3, -0.25) is 0 Å². The zero-order chi connectivity index (χ0) is 13.9. The maximum absolute atomic E-state index is 10.8. The highest BCUT2D eigenvalue weighted by Gasteiger charge is 2.36. The molecular weight excluding hydrogens is 298 g/mol. The number of thioether (sulfide) groups is 2. The standard InChI is InChI=1S/C14H16ClNOS2/c1-18-12-8-10(7-11(15)13(12)19-2)14(16-9-17)5-3-4-6-14/h7-8H,3-6H2,1-2H3. The van der Waals surface area contributed by atoms with E-state index in [-0.39, 0.29) is 0 Å². The van der Waals surface area contributed by atoms with E-state index >= 15 is 0 Å². The van der Waals surface area contributed by atoms with E-state index in [4.69, 9.17) is 11.6 Å². The maximum atomic E-state index is 10.8. The van der Waals surface area contributed by atoms with Crippen LogP contribution in [-0.2, 0) is 10.3 Å². The largest absolute Gasteiger partial charge is 0.235 e. The third-order valence-corrected chi connectivity index (χ3v) is 5.81. The SMILES string of the molecule is CSc1cc(C2(N=C=O)CCCC2)cc(Cl)c1SC. The van der Waals surface area contributed by atoms with Gasteiger partial charge in [-0.2, -0.15) is 4.99 Å². The van der Waals surface area contributed by atoms with E-state index in [1.165, 1.54) is 0 Å². The second kappa shape index (κ2) is 6.36. The van der Waals surface area contributed by atoms with Gasteiger partial charge < -0.3 is 0 Å². The summed E-state index contributed by atoms with van der Waals surface area (Å²) in [4.78, 5) is 17.1. The van der Waals surface area contributed by atoms with Gasteiger partial charge in [0.05, 0.1) is 10.6 Å². The van der Waals surface area contributed by atoms with Crippen molar-refractivity contribution in [2.24, 2.45) is 4.99 Å². The summed E-state index contributed by atoms with van der Waals surface area (Å²) in [6.07, 6.45) is 9.83. The van der Waals surface area contributed by atoms with Crippen molar-refractivity contribution in [3.63, 3.8) is 0 Å². The van der Waals surface area contributed by atoms with E-state index < -0.39 is 5.54 Å². The highest BCUT2D eigenvalue weighted by molar-refractivity contribution is 8.01. The van der Waals surface area contributed by atoms with Crippen LogP contribution in [0.3, 0.4) is 0 Å². The second-order valence-electron chi connectivity index (χ2n) is 4.64. The number of isocyanates is 1. The molecule has 1 fully saturated rings. The lowest BCUT2D eigenvalue weighted by molar-refractivity contribution is 0.454. The Balaban J connectivity index is 2.55. The molecule has 2 rings (SSSR count). The normalized spacial score (nSPS) is 17.2. The summed E-state index contributed by atoms with van der Waals surface area (Å²) in [6.45, 7) is 0. The number of carbonyl (C=O) groups excluding carboxylic acids is 1. The molecular formula is C14H16ClNOS2. The van der Waals surface area contributed by atoms with Crippen LogP contribution in [0.4, 0.5) is 0 Å². The first-order valence-corrected chi connectivity index (χ1v) is 9.00. The number of rotatable bonds is 4. The van der Waals surface area contributed by atoms with Crippen LogP contribution in [0.2, 0.25) is 5.02 Å². The fourth-order valence-corrected chi connectivity index (χ4v) is 4.76. The zero-order valence-electron chi connectivity index (χ0n) is 11.0. The highest BCUT2D eigenvalue weighted by atomic mass is 35.5. The van der Waals surface area contributed by atoms with Gasteiger partial charge in [-0.15, -0.1) is 23.5 Å². The smallest absolute Gasteiger partial charge is 0.211 e. The number of hydrogen-bond acceptors (Lipinski definition) is 4. The minimum Gasteiger partial charge on any atom is -0.211 e. The van der Waals surface area contributed by atoms with E-state index in [1.807, 2.05) is 18.6 Å². The van der Waals surface area contributed by atoms with Crippen LogP contribution in [0.1, 0.15) is 31.2 Å². The lowest BCUT2D eigenvalue weighted by atomic mass is 9.89. The van der Waals surface area contributed by atoms with Crippen molar-refractivity contribution in [3.05, 3.63) is 22.7 Å². The maximum Gasteiger partial charge on any atom is 0.235 e. The van der Waals surface area contributed by atoms with E-state index in [0.29, 0.717) is 0 Å². The number of nitrogens with zero attached hydrogens (tertiary/aromatic N) is 1. The molecule has 0 N–H and O–H groups in total. The van der Waals surface area contributed by atoms with Gasteiger partial charge in [-0.25, -0.2) is 4.79 Å². The lowest BCUT2D eigenvalue weighted by Gasteiger charge is -2.24. The Morgan fingerprint density at radius 2 is 1.95 bits per heavy atom. The second-order valence-corrected chi connectivity index (χ2v) is 6.71. The molecule has 1 aliphatic carbocycles. The monoisotopic (exact) mass is 313 g/mol. The lowest BCUT2D eigenvalue weighted by Crippen LogP contribution is -2.19. The van der Waals surface area contributed by atoms with Crippen LogP contribution in [0, 0.1) is 0 Å². The van der Waals surface area contributed by atoms with Crippen LogP contribution in [0.25, 0.3) is 0 Å². The van der Waals surface area contributed by atoms with Crippen LogP contribution >= 0.6 is 35.1 Å². The summed E-state index contributed by atoms with van der Waals surface area (Å²) in [7, 11) is 0. The first kappa shape index (κ1) is 15.0. The van der Waals surface area contributed by atoms with Gasteiger partial charge in [0.1, 0.15) is 0 Å². The Kier molecular flexibility index (Phi) is 5.02. The van der Waals surface area contributed by atoms with Crippen molar-refractivity contribution < 1.29 is 4.79 Å². The molecule has 102 valence electrons. The molecule has 2 nitrogen and oxygen atoms in total. The molecule has 1 aromatic carbocycles. The van der Waals surface area contributed by atoms with Crippen molar-refractivity contribution >= 4 is 41.2 Å². The third-order valence-electron chi connectivity index (χ3n) is 3.66. The molecule has 0 aromatic heterocycles. The van der Waals surface area contributed by atoms with Crippen molar-refractivity contribution in [1.29, 1.82) is 0 Å². The average Bonchev–Trinajstić information content (AvgIpc) is 2.88. The third kappa shape index (κ3) is 2.87. The summed E-state index contributed by atoms with van der Waals surface area (Å²) in [6, 6.07) is 4.10. The summed E-state index contributed by atoms with van der Waals surface area (Å²) in [5, 5.41) is 0.752. The molecule has 0 unspecified atom stereocenters. The number of halogens is 1. The van der Waals surface area contributed by atoms with Gasteiger partial charge in [0.25, 0.3) is 0 Å². The Morgan fingerprint density at radius 1 is 1.26 bits per heavy atom.